The summed E-state index contributed by atoms with van der Waals surface area (Å²) in [5, 5.41) is 7.32. The molecular formula is C15H22N2O5S. The number of sulfonamides is 1. The Kier molecular flexibility index (Phi) is 6.28. The van der Waals surface area contributed by atoms with E-state index in [1.165, 1.54) is 0 Å². The van der Waals surface area contributed by atoms with Crippen molar-refractivity contribution < 1.29 is 22.7 Å². The molecule has 1 amide bonds. The van der Waals surface area contributed by atoms with Gasteiger partial charge in [-0.2, -0.15) is 0 Å². The molecule has 7 nitrogen and oxygen atoms in total. The average molecular weight is 342 g/mol. The lowest BCUT2D eigenvalue weighted by Gasteiger charge is -2.23. The van der Waals surface area contributed by atoms with Gasteiger partial charge in [-0.15, -0.1) is 0 Å². The van der Waals surface area contributed by atoms with Crippen LogP contribution in [0.1, 0.15) is 26.3 Å². The molecular weight excluding hydrogens is 320 g/mol. The predicted molar refractivity (Wildman–Crippen MR) is 86.3 cm³/mol. The van der Waals surface area contributed by atoms with E-state index in [0.717, 1.165) is 5.56 Å². The maximum absolute atomic E-state index is 12.1. The number of ether oxygens (including phenoxy) is 1. The van der Waals surface area contributed by atoms with Crippen molar-refractivity contribution in [3.63, 3.8) is 0 Å². The number of hydrogen-bond acceptors (Lipinski definition) is 5. The first kappa shape index (κ1) is 19.1. The van der Waals surface area contributed by atoms with E-state index in [9.17, 15) is 18.0 Å². The minimum atomic E-state index is -3.97. The van der Waals surface area contributed by atoms with E-state index in [1.807, 2.05) is 6.07 Å². The van der Waals surface area contributed by atoms with E-state index in [4.69, 9.17) is 9.88 Å². The topological polar surface area (TPSA) is 116 Å². The van der Waals surface area contributed by atoms with Gasteiger partial charge in [0.15, 0.2) is 5.78 Å². The molecule has 23 heavy (non-hydrogen) atoms. The second kappa shape index (κ2) is 7.56. The SMILES string of the molecule is CC(C)(C)OC(=O)N[C@H](Cc1ccccc1)C(=O)CS(N)(=O)=O. The third kappa shape index (κ3) is 8.32. The Morgan fingerprint density at radius 2 is 1.78 bits per heavy atom. The highest BCUT2D eigenvalue weighted by Crippen LogP contribution is 2.09. The minimum absolute atomic E-state index is 0.147. The van der Waals surface area contributed by atoms with Gasteiger partial charge in [-0.25, -0.2) is 18.4 Å². The molecule has 1 aromatic rings. The molecule has 1 atom stereocenters. The van der Waals surface area contributed by atoms with Gasteiger partial charge < -0.3 is 10.1 Å². The fraction of sp³-hybridized carbons (Fsp3) is 0.467. The lowest BCUT2D eigenvalue weighted by atomic mass is 10.0. The first-order valence-electron chi connectivity index (χ1n) is 7.03. The van der Waals surface area contributed by atoms with Gasteiger partial charge in [-0.1, -0.05) is 30.3 Å². The zero-order valence-corrected chi connectivity index (χ0v) is 14.2. The summed E-state index contributed by atoms with van der Waals surface area (Å²) < 4.78 is 27.4. The summed E-state index contributed by atoms with van der Waals surface area (Å²) in [6.45, 7) is 5.06. The largest absolute Gasteiger partial charge is 0.444 e. The molecule has 0 aliphatic carbocycles. The van der Waals surface area contributed by atoms with Crippen LogP contribution in [0.2, 0.25) is 0 Å². The molecule has 0 saturated carbocycles. The number of amides is 1. The monoisotopic (exact) mass is 342 g/mol. The van der Waals surface area contributed by atoms with Crippen LogP contribution < -0.4 is 10.5 Å². The molecule has 1 aromatic carbocycles. The van der Waals surface area contributed by atoms with Crippen molar-refractivity contribution in [3.8, 4) is 0 Å². The summed E-state index contributed by atoms with van der Waals surface area (Å²) in [6, 6.07) is 7.88. The number of Topliss-reactive ketones (excluding diaryl/α,β-unsaturated/α-hetero) is 1. The Morgan fingerprint density at radius 1 is 1.22 bits per heavy atom. The Hall–Kier alpha value is -1.93. The molecule has 128 valence electrons. The standard InChI is InChI=1S/C15H22N2O5S/c1-15(2,3)22-14(19)17-12(13(18)10-23(16,20)21)9-11-7-5-4-6-8-11/h4-8,12H,9-10H2,1-3H3,(H,17,19)(H2,16,20,21)/t12-/m1/s1. The third-order valence-corrected chi connectivity index (χ3v) is 3.39. The second-order valence-corrected chi connectivity index (χ2v) is 7.78. The number of hydrogen-bond donors (Lipinski definition) is 2. The fourth-order valence-electron chi connectivity index (χ4n) is 1.84. The van der Waals surface area contributed by atoms with Gasteiger partial charge in [0.05, 0.1) is 6.04 Å². The highest BCUT2D eigenvalue weighted by Gasteiger charge is 2.26. The van der Waals surface area contributed by atoms with Crippen LogP contribution in [0.3, 0.4) is 0 Å². The normalized spacial score (nSPS) is 13.2. The summed E-state index contributed by atoms with van der Waals surface area (Å²) >= 11 is 0. The first-order chi connectivity index (χ1) is 10.5. The lowest BCUT2D eigenvalue weighted by Crippen LogP contribution is -2.47. The lowest BCUT2D eigenvalue weighted by molar-refractivity contribution is -0.118. The van der Waals surface area contributed by atoms with E-state index in [2.05, 4.69) is 5.32 Å². The highest BCUT2D eigenvalue weighted by molar-refractivity contribution is 7.89. The molecule has 0 bridgehead atoms. The molecule has 8 heteroatoms. The van der Waals surface area contributed by atoms with Crippen LogP contribution in [-0.2, 0) is 26.0 Å². The van der Waals surface area contributed by atoms with E-state index < -0.39 is 39.3 Å². The summed E-state index contributed by atoms with van der Waals surface area (Å²) in [7, 11) is -3.97. The number of carbonyl (C=O) groups excluding carboxylic acids is 2. The van der Waals surface area contributed by atoms with Crippen LogP contribution >= 0.6 is 0 Å². The van der Waals surface area contributed by atoms with E-state index in [0.29, 0.717) is 0 Å². The quantitative estimate of drug-likeness (QED) is 0.799. The van der Waals surface area contributed by atoms with Crippen molar-refractivity contribution in [2.45, 2.75) is 38.8 Å². The molecule has 3 N–H and O–H groups in total. The first-order valence-corrected chi connectivity index (χ1v) is 8.74. The van der Waals surface area contributed by atoms with E-state index >= 15 is 0 Å². The van der Waals surface area contributed by atoms with Gasteiger partial charge in [-0.3, -0.25) is 4.79 Å². The Labute approximate surface area is 136 Å². The van der Waals surface area contributed by atoms with Gasteiger partial charge in [-0.05, 0) is 32.8 Å². The van der Waals surface area contributed by atoms with Gasteiger partial charge in [0, 0.05) is 0 Å². The molecule has 0 spiro atoms. The van der Waals surface area contributed by atoms with Crippen LogP contribution in [0.4, 0.5) is 4.79 Å². The molecule has 0 radical (unpaired) electrons. The van der Waals surface area contributed by atoms with Crippen LogP contribution in [0.25, 0.3) is 0 Å². The van der Waals surface area contributed by atoms with Crippen LogP contribution in [0.5, 0.6) is 0 Å². The molecule has 0 aliphatic rings. The van der Waals surface area contributed by atoms with Crippen LogP contribution in [0.15, 0.2) is 30.3 Å². The van der Waals surface area contributed by atoms with Gasteiger partial charge in [0.25, 0.3) is 0 Å². The predicted octanol–water partition coefficient (Wildman–Crippen LogP) is 0.980. The van der Waals surface area contributed by atoms with Crippen molar-refractivity contribution in [1.82, 2.24) is 5.32 Å². The summed E-state index contributed by atoms with van der Waals surface area (Å²) in [4.78, 5) is 24.0. The Balaban J connectivity index is 2.88. The zero-order valence-electron chi connectivity index (χ0n) is 13.4. The van der Waals surface area contributed by atoms with Gasteiger partial charge in [0.1, 0.15) is 11.4 Å². The molecule has 1 rings (SSSR count). The maximum atomic E-state index is 12.1. The van der Waals surface area contributed by atoms with Crippen molar-refractivity contribution >= 4 is 21.9 Å². The molecule has 0 heterocycles. The number of benzene rings is 1. The van der Waals surface area contributed by atoms with Crippen LogP contribution in [0, 0.1) is 0 Å². The molecule has 0 saturated heterocycles. The van der Waals surface area contributed by atoms with E-state index in [-0.39, 0.29) is 6.42 Å². The van der Waals surface area contributed by atoms with Crippen molar-refractivity contribution in [3.05, 3.63) is 35.9 Å². The second-order valence-electron chi connectivity index (χ2n) is 6.16. The van der Waals surface area contributed by atoms with E-state index in [1.54, 1.807) is 45.0 Å². The number of primary sulfonamides is 1. The maximum Gasteiger partial charge on any atom is 0.408 e. The Bertz CT molecular complexity index is 650. The Morgan fingerprint density at radius 3 is 2.26 bits per heavy atom. The summed E-state index contributed by atoms with van der Waals surface area (Å²) in [5.74, 6) is -1.54. The zero-order chi connectivity index (χ0) is 17.7. The fourth-order valence-corrected chi connectivity index (χ4v) is 2.44. The summed E-state index contributed by atoms with van der Waals surface area (Å²) in [6.07, 6.45) is -0.643. The number of rotatable bonds is 6. The number of ketones is 1. The van der Waals surface area contributed by atoms with Gasteiger partial charge in [0.2, 0.25) is 10.0 Å². The summed E-state index contributed by atoms with van der Waals surface area (Å²) in [5.41, 5.74) is 0.0426. The van der Waals surface area contributed by atoms with Crippen molar-refractivity contribution in [2.75, 3.05) is 5.75 Å². The van der Waals surface area contributed by atoms with Gasteiger partial charge >= 0.3 is 6.09 Å². The van der Waals surface area contributed by atoms with Crippen LogP contribution in [-0.4, -0.2) is 37.7 Å². The highest BCUT2D eigenvalue weighted by atomic mass is 32.2. The number of carbonyl (C=O) groups is 2. The minimum Gasteiger partial charge on any atom is -0.444 e. The van der Waals surface area contributed by atoms with Crippen molar-refractivity contribution in [1.29, 1.82) is 0 Å². The number of alkyl carbamates (subject to hydrolysis) is 1. The van der Waals surface area contributed by atoms with Crippen molar-refractivity contribution in [2.24, 2.45) is 5.14 Å². The molecule has 0 aromatic heterocycles. The molecule has 0 aliphatic heterocycles. The average Bonchev–Trinajstić information content (AvgIpc) is 2.34. The number of nitrogens with two attached hydrogens (primary N) is 1. The molecule has 0 fully saturated rings. The third-order valence-electron chi connectivity index (χ3n) is 2.71. The number of nitrogens with one attached hydrogen (secondary N) is 1. The molecule has 0 unspecified atom stereocenters. The smallest absolute Gasteiger partial charge is 0.408 e.